The molecule has 3 aromatic rings. The summed E-state index contributed by atoms with van der Waals surface area (Å²) in [5, 5.41) is 2.35. The van der Waals surface area contributed by atoms with E-state index >= 15 is 0 Å². The predicted molar refractivity (Wildman–Crippen MR) is 162 cm³/mol. The van der Waals surface area contributed by atoms with E-state index in [9.17, 15) is 9.59 Å². The number of carbonyl (C=O) groups is 2. The maximum Gasteiger partial charge on any atom is 0.513 e. The van der Waals surface area contributed by atoms with Crippen LogP contribution in [0.15, 0.2) is 36.4 Å². The SMILES string of the molecule is CCCCC(CC)COC(=O)Oc1c2cccc(Cl)c2c(OC(=O)OCC(CC)CCCC)c2c(Cl)cccc12. The summed E-state index contributed by atoms with van der Waals surface area (Å²) in [6.07, 6.45) is 6.41. The van der Waals surface area contributed by atoms with E-state index in [2.05, 4.69) is 27.7 Å². The van der Waals surface area contributed by atoms with Crippen molar-refractivity contribution in [1.82, 2.24) is 0 Å². The molecule has 0 spiro atoms. The predicted octanol–water partition coefficient (Wildman–Crippen LogP) is 10.8. The molecule has 40 heavy (non-hydrogen) atoms. The molecule has 0 N–H and O–H groups in total. The molecule has 8 heteroatoms. The zero-order valence-corrected chi connectivity index (χ0v) is 25.4. The first-order valence-corrected chi connectivity index (χ1v) is 15.1. The van der Waals surface area contributed by atoms with E-state index in [0.717, 1.165) is 51.4 Å². The van der Waals surface area contributed by atoms with Gasteiger partial charge in [0.2, 0.25) is 0 Å². The molecule has 2 unspecified atom stereocenters. The molecule has 0 saturated heterocycles. The molecule has 0 bridgehead atoms. The Labute approximate surface area is 247 Å². The zero-order chi connectivity index (χ0) is 29.1. The van der Waals surface area contributed by atoms with Crippen molar-refractivity contribution in [2.75, 3.05) is 13.2 Å². The van der Waals surface area contributed by atoms with Crippen LogP contribution in [0.5, 0.6) is 11.5 Å². The Morgan fingerprint density at radius 1 is 0.675 bits per heavy atom. The highest BCUT2D eigenvalue weighted by Crippen LogP contribution is 2.48. The molecule has 218 valence electrons. The highest BCUT2D eigenvalue weighted by atomic mass is 35.5. The standard InChI is InChI=1S/C32H40Cl2O6/c1-5-9-13-21(7-3)19-37-31(35)39-29-23-15-11-17-25(33)27(23)30(28-24(29)16-12-18-26(28)34)40-32(36)38-20-22(8-4)14-10-6-2/h11-12,15-18,21-22H,5-10,13-14,19-20H2,1-4H3. The van der Waals surface area contributed by atoms with E-state index in [-0.39, 0.29) is 36.5 Å². The molecule has 0 aromatic heterocycles. The summed E-state index contributed by atoms with van der Waals surface area (Å²) < 4.78 is 22.6. The highest BCUT2D eigenvalue weighted by molar-refractivity contribution is 6.40. The van der Waals surface area contributed by atoms with Crippen molar-refractivity contribution in [2.45, 2.75) is 79.1 Å². The number of halogens is 2. The average molecular weight is 592 g/mol. The Hall–Kier alpha value is -2.70. The lowest BCUT2D eigenvalue weighted by Crippen LogP contribution is -2.18. The Kier molecular flexibility index (Phi) is 12.7. The van der Waals surface area contributed by atoms with Gasteiger partial charge in [0.1, 0.15) is 0 Å². The van der Waals surface area contributed by atoms with Gasteiger partial charge in [0.05, 0.1) is 23.3 Å². The van der Waals surface area contributed by atoms with Crippen molar-refractivity contribution in [3.05, 3.63) is 46.4 Å². The van der Waals surface area contributed by atoms with Crippen LogP contribution in [-0.4, -0.2) is 25.5 Å². The summed E-state index contributed by atoms with van der Waals surface area (Å²) in [5.41, 5.74) is 0. The van der Waals surface area contributed by atoms with Gasteiger partial charge in [-0.25, -0.2) is 9.59 Å². The molecule has 2 atom stereocenters. The van der Waals surface area contributed by atoms with Gasteiger partial charge in [-0.1, -0.05) is 114 Å². The van der Waals surface area contributed by atoms with Crippen LogP contribution >= 0.6 is 23.2 Å². The van der Waals surface area contributed by atoms with E-state index in [0.29, 0.717) is 31.6 Å². The van der Waals surface area contributed by atoms with Crippen LogP contribution in [0.2, 0.25) is 10.0 Å². The monoisotopic (exact) mass is 590 g/mol. The number of carbonyl (C=O) groups excluding carboxylic acids is 2. The van der Waals surface area contributed by atoms with E-state index in [1.54, 1.807) is 36.4 Å². The number of unbranched alkanes of at least 4 members (excludes halogenated alkanes) is 2. The van der Waals surface area contributed by atoms with Gasteiger partial charge >= 0.3 is 12.3 Å². The summed E-state index contributed by atoms with van der Waals surface area (Å²) >= 11 is 13.3. The quantitative estimate of drug-likeness (QED) is 0.106. The van der Waals surface area contributed by atoms with Crippen LogP contribution in [0.25, 0.3) is 21.5 Å². The molecule has 0 radical (unpaired) electrons. The summed E-state index contributed by atoms with van der Waals surface area (Å²) in [6, 6.07) is 10.3. The Morgan fingerprint density at radius 2 is 1.10 bits per heavy atom. The fraction of sp³-hybridized carbons (Fsp3) is 0.500. The maximum atomic E-state index is 12.9. The van der Waals surface area contributed by atoms with Crippen LogP contribution < -0.4 is 9.47 Å². The lowest BCUT2D eigenvalue weighted by molar-refractivity contribution is 0.0805. The van der Waals surface area contributed by atoms with Crippen molar-refractivity contribution in [3.63, 3.8) is 0 Å². The molecule has 0 aliphatic heterocycles. The molecule has 0 aliphatic carbocycles. The molecule has 0 aliphatic rings. The fourth-order valence-electron chi connectivity index (χ4n) is 4.76. The highest BCUT2D eigenvalue weighted by Gasteiger charge is 2.25. The minimum absolute atomic E-state index is 0.152. The molecule has 0 heterocycles. The molecule has 0 fully saturated rings. The van der Waals surface area contributed by atoms with Crippen molar-refractivity contribution in [1.29, 1.82) is 0 Å². The molecule has 0 amide bonds. The van der Waals surface area contributed by atoms with E-state index in [4.69, 9.17) is 42.1 Å². The third-order valence-electron chi connectivity index (χ3n) is 7.30. The maximum absolute atomic E-state index is 12.9. The molecule has 3 aromatic carbocycles. The van der Waals surface area contributed by atoms with Gasteiger partial charge < -0.3 is 18.9 Å². The Morgan fingerprint density at radius 3 is 1.50 bits per heavy atom. The number of ether oxygens (including phenoxy) is 4. The van der Waals surface area contributed by atoms with Gasteiger partial charge in [-0.2, -0.15) is 0 Å². The number of hydrogen-bond donors (Lipinski definition) is 0. The second-order valence-corrected chi connectivity index (χ2v) is 11.0. The van der Waals surface area contributed by atoms with Gasteiger partial charge in [-0.15, -0.1) is 0 Å². The Bertz CT molecular complexity index is 1230. The number of benzene rings is 3. The second kappa shape index (κ2) is 15.9. The minimum Gasteiger partial charge on any atom is -0.434 e. The van der Waals surface area contributed by atoms with Gasteiger partial charge in [0, 0.05) is 21.5 Å². The first kappa shape index (κ1) is 31.8. The van der Waals surface area contributed by atoms with Crippen LogP contribution in [-0.2, 0) is 9.47 Å². The van der Waals surface area contributed by atoms with Crippen LogP contribution in [0, 0.1) is 11.8 Å². The van der Waals surface area contributed by atoms with Crippen LogP contribution in [0.4, 0.5) is 9.59 Å². The summed E-state index contributed by atoms with van der Waals surface area (Å²) in [4.78, 5) is 25.8. The number of fused-ring (bicyclic) bond motifs is 2. The third-order valence-corrected chi connectivity index (χ3v) is 7.93. The van der Waals surface area contributed by atoms with Gasteiger partial charge in [0.25, 0.3) is 0 Å². The van der Waals surface area contributed by atoms with Crippen molar-refractivity contribution < 1.29 is 28.5 Å². The molecule has 3 rings (SSSR count). The smallest absolute Gasteiger partial charge is 0.434 e. The number of rotatable bonds is 14. The van der Waals surface area contributed by atoms with E-state index in [1.165, 1.54) is 0 Å². The van der Waals surface area contributed by atoms with Crippen molar-refractivity contribution in [3.8, 4) is 11.5 Å². The lowest BCUT2D eigenvalue weighted by atomic mass is 10.0. The van der Waals surface area contributed by atoms with E-state index in [1.807, 2.05) is 0 Å². The lowest BCUT2D eigenvalue weighted by Gasteiger charge is -2.19. The molecule has 0 saturated carbocycles. The van der Waals surface area contributed by atoms with Gasteiger partial charge in [-0.05, 0) is 36.8 Å². The summed E-state index contributed by atoms with van der Waals surface area (Å²) in [7, 11) is 0. The zero-order valence-electron chi connectivity index (χ0n) is 23.9. The first-order valence-electron chi connectivity index (χ1n) is 14.4. The average Bonchev–Trinajstić information content (AvgIpc) is 2.95. The van der Waals surface area contributed by atoms with Gasteiger partial charge in [0.15, 0.2) is 11.5 Å². The third kappa shape index (κ3) is 8.17. The molecule has 6 nitrogen and oxygen atoms in total. The minimum atomic E-state index is -0.844. The molecular formula is C32H40Cl2O6. The van der Waals surface area contributed by atoms with Gasteiger partial charge in [-0.3, -0.25) is 0 Å². The Balaban J connectivity index is 1.96. The normalized spacial score (nSPS) is 12.8. The number of hydrogen-bond acceptors (Lipinski definition) is 6. The van der Waals surface area contributed by atoms with Crippen molar-refractivity contribution in [2.24, 2.45) is 11.8 Å². The largest absolute Gasteiger partial charge is 0.513 e. The van der Waals surface area contributed by atoms with E-state index < -0.39 is 12.3 Å². The fourth-order valence-corrected chi connectivity index (χ4v) is 5.28. The first-order chi connectivity index (χ1) is 19.3. The topological polar surface area (TPSA) is 71.1 Å². The van der Waals surface area contributed by atoms with Crippen molar-refractivity contribution >= 4 is 57.1 Å². The second-order valence-electron chi connectivity index (χ2n) is 10.1. The van der Waals surface area contributed by atoms with Crippen LogP contribution in [0.1, 0.15) is 79.1 Å². The molecular weight excluding hydrogens is 551 g/mol. The van der Waals surface area contributed by atoms with Crippen LogP contribution in [0.3, 0.4) is 0 Å². The summed E-state index contributed by atoms with van der Waals surface area (Å²) in [5.74, 6) is 0.900. The summed E-state index contributed by atoms with van der Waals surface area (Å²) in [6.45, 7) is 8.96.